The number of methoxy groups -OCH3 is 2. The van der Waals surface area contributed by atoms with E-state index in [4.69, 9.17) is 9.47 Å². The summed E-state index contributed by atoms with van der Waals surface area (Å²) in [5, 5.41) is 5.22. The molecule has 0 saturated heterocycles. The largest absolute Gasteiger partial charge is 0.497 e. The van der Waals surface area contributed by atoms with Crippen LogP contribution < -0.4 is 14.8 Å². The van der Waals surface area contributed by atoms with E-state index in [9.17, 15) is 4.79 Å². The first-order chi connectivity index (χ1) is 12.2. The lowest BCUT2D eigenvalue weighted by atomic mass is 9.83. The predicted octanol–water partition coefficient (Wildman–Crippen LogP) is 4.33. The van der Waals surface area contributed by atoms with Crippen molar-refractivity contribution in [1.29, 1.82) is 0 Å². The maximum Gasteiger partial charge on any atom is 0.225 e. The number of benzene rings is 3. The van der Waals surface area contributed by atoms with Gasteiger partial charge < -0.3 is 14.8 Å². The van der Waals surface area contributed by atoms with Gasteiger partial charge in [0.25, 0.3) is 0 Å². The van der Waals surface area contributed by atoms with E-state index in [0.717, 1.165) is 39.1 Å². The van der Waals surface area contributed by atoms with Gasteiger partial charge in [0.1, 0.15) is 11.5 Å². The van der Waals surface area contributed by atoms with Crippen molar-refractivity contribution < 1.29 is 14.3 Å². The number of nitrogens with one attached hydrogen (secondary N) is 1. The van der Waals surface area contributed by atoms with Gasteiger partial charge in [-0.2, -0.15) is 0 Å². The Morgan fingerprint density at radius 2 is 1.80 bits per heavy atom. The van der Waals surface area contributed by atoms with Crippen LogP contribution >= 0.6 is 0 Å². The monoisotopic (exact) mass is 333 g/mol. The minimum atomic E-state index is -0.0709. The maximum absolute atomic E-state index is 12.4. The second-order valence-electron chi connectivity index (χ2n) is 6.16. The molecule has 126 valence electrons. The Morgan fingerprint density at radius 1 is 0.960 bits per heavy atom. The number of hydrogen-bond acceptors (Lipinski definition) is 3. The van der Waals surface area contributed by atoms with Crippen molar-refractivity contribution in [2.45, 2.75) is 12.3 Å². The first kappa shape index (κ1) is 15.5. The minimum Gasteiger partial charge on any atom is -0.497 e. The predicted molar refractivity (Wildman–Crippen MR) is 98.6 cm³/mol. The Labute approximate surface area is 146 Å². The second kappa shape index (κ2) is 6.13. The van der Waals surface area contributed by atoms with Crippen molar-refractivity contribution in [3.05, 3.63) is 65.7 Å². The third-order valence-electron chi connectivity index (χ3n) is 4.80. The molecule has 0 aliphatic carbocycles. The van der Waals surface area contributed by atoms with Gasteiger partial charge in [-0.05, 0) is 29.1 Å². The summed E-state index contributed by atoms with van der Waals surface area (Å²) in [6, 6.07) is 18.0. The van der Waals surface area contributed by atoms with E-state index in [-0.39, 0.29) is 11.8 Å². The van der Waals surface area contributed by atoms with Crippen LogP contribution in [0.25, 0.3) is 10.8 Å². The summed E-state index contributed by atoms with van der Waals surface area (Å²) >= 11 is 0. The van der Waals surface area contributed by atoms with Crippen LogP contribution in [0, 0.1) is 0 Å². The highest BCUT2D eigenvalue weighted by molar-refractivity contribution is 6.06. The quantitative estimate of drug-likeness (QED) is 0.776. The summed E-state index contributed by atoms with van der Waals surface area (Å²) in [5.74, 6) is 1.46. The molecule has 1 amide bonds. The molecule has 1 aliphatic rings. The fraction of sp³-hybridized carbons (Fsp3) is 0.190. The molecule has 4 rings (SSSR count). The van der Waals surface area contributed by atoms with Gasteiger partial charge in [-0.25, -0.2) is 0 Å². The van der Waals surface area contributed by atoms with E-state index < -0.39 is 0 Å². The van der Waals surface area contributed by atoms with Crippen molar-refractivity contribution in [2.24, 2.45) is 0 Å². The molecule has 0 spiro atoms. The summed E-state index contributed by atoms with van der Waals surface area (Å²) in [5.41, 5.74) is 2.96. The third kappa shape index (κ3) is 2.60. The fourth-order valence-electron chi connectivity index (χ4n) is 3.59. The van der Waals surface area contributed by atoms with Gasteiger partial charge in [0.05, 0.1) is 19.9 Å². The Hall–Kier alpha value is -3.01. The van der Waals surface area contributed by atoms with Crippen LogP contribution in [0.4, 0.5) is 5.69 Å². The summed E-state index contributed by atoms with van der Waals surface area (Å²) < 4.78 is 10.9. The zero-order chi connectivity index (χ0) is 17.4. The van der Waals surface area contributed by atoms with Crippen LogP contribution in [0.5, 0.6) is 11.5 Å². The number of anilines is 1. The first-order valence-electron chi connectivity index (χ1n) is 8.24. The second-order valence-corrected chi connectivity index (χ2v) is 6.16. The summed E-state index contributed by atoms with van der Waals surface area (Å²) in [4.78, 5) is 12.4. The van der Waals surface area contributed by atoms with Crippen LogP contribution in [-0.2, 0) is 4.79 Å². The maximum atomic E-state index is 12.4. The number of ether oxygens (including phenoxy) is 2. The number of fused-ring (bicyclic) bond motifs is 3. The SMILES string of the molecule is COc1ccc(OC)c([C@H]2CC(=O)Nc3c2ccc2ccccc32)c1. The average Bonchev–Trinajstić information content (AvgIpc) is 2.66. The van der Waals surface area contributed by atoms with E-state index in [0.29, 0.717) is 6.42 Å². The Balaban J connectivity index is 1.94. The lowest BCUT2D eigenvalue weighted by Gasteiger charge is -2.28. The number of rotatable bonds is 3. The lowest BCUT2D eigenvalue weighted by Crippen LogP contribution is -2.24. The van der Waals surface area contributed by atoms with Crippen molar-refractivity contribution in [1.82, 2.24) is 0 Å². The molecule has 4 nitrogen and oxygen atoms in total. The van der Waals surface area contributed by atoms with Crippen molar-refractivity contribution in [3.8, 4) is 11.5 Å². The molecule has 0 fully saturated rings. The smallest absolute Gasteiger partial charge is 0.225 e. The van der Waals surface area contributed by atoms with Crippen LogP contribution in [0.15, 0.2) is 54.6 Å². The van der Waals surface area contributed by atoms with Crippen LogP contribution in [-0.4, -0.2) is 20.1 Å². The highest BCUT2D eigenvalue weighted by Crippen LogP contribution is 2.44. The van der Waals surface area contributed by atoms with E-state index >= 15 is 0 Å². The molecule has 0 aromatic heterocycles. The summed E-state index contributed by atoms with van der Waals surface area (Å²) in [6.07, 6.45) is 0.384. The fourth-order valence-corrected chi connectivity index (χ4v) is 3.59. The zero-order valence-corrected chi connectivity index (χ0v) is 14.2. The van der Waals surface area contributed by atoms with Gasteiger partial charge in [-0.3, -0.25) is 4.79 Å². The average molecular weight is 333 g/mol. The van der Waals surface area contributed by atoms with Gasteiger partial charge in [-0.15, -0.1) is 0 Å². The van der Waals surface area contributed by atoms with Crippen molar-refractivity contribution in [2.75, 3.05) is 19.5 Å². The Kier molecular flexibility index (Phi) is 3.80. The normalized spacial score (nSPS) is 16.2. The number of carbonyl (C=O) groups excluding carboxylic acids is 1. The standard InChI is InChI=1S/C21H19NO3/c1-24-14-8-10-19(25-2)18(11-14)17-12-20(23)22-21-15-6-4-3-5-13(15)7-9-16(17)21/h3-11,17H,12H2,1-2H3,(H,22,23)/t17-/m0/s1. The van der Waals surface area contributed by atoms with Crippen molar-refractivity contribution in [3.63, 3.8) is 0 Å². The van der Waals surface area contributed by atoms with Gasteiger partial charge in [0.15, 0.2) is 0 Å². The van der Waals surface area contributed by atoms with Gasteiger partial charge in [0.2, 0.25) is 5.91 Å². The van der Waals surface area contributed by atoms with Crippen LogP contribution in [0.1, 0.15) is 23.5 Å². The van der Waals surface area contributed by atoms with Gasteiger partial charge in [0, 0.05) is 23.3 Å². The lowest BCUT2D eigenvalue weighted by molar-refractivity contribution is -0.116. The molecule has 1 N–H and O–H groups in total. The number of carbonyl (C=O) groups is 1. The molecule has 3 aromatic rings. The van der Waals surface area contributed by atoms with Gasteiger partial charge >= 0.3 is 0 Å². The number of hydrogen-bond donors (Lipinski definition) is 1. The molecule has 1 heterocycles. The molecule has 0 bridgehead atoms. The Morgan fingerprint density at radius 3 is 2.60 bits per heavy atom. The summed E-state index contributed by atoms with van der Waals surface area (Å²) in [6.45, 7) is 0. The minimum absolute atomic E-state index is 0.0127. The van der Waals surface area contributed by atoms with Crippen molar-refractivity contribution >= 4 is 22.4 Å². The van der Waals surface area contributed by atoms with E-state index in [1.807, 2.05) is 36.4 Å². The molecule has 4 heteroatoms. The molecule has 0 radical (unpaired) electrons. The van der Waals surface area contributed by atoms with E-state index in [2.05, 4.69) is 23.5 Å². The molecule has 3 aromatic carbocycles. The van der Waals surface area contributed by atoms with Gasteiger partial charge in [-0.1, -0.05) is 36.4 Å². The Bertz CT molecular complexity index is 965. The number of amides is 1. The molecular weight excluding hydrogens is 314 g/mol. The highest BCUT2D eigenvalue weighted by Gasteiger charge is 2.30. The molecule has 0 unspecified atom stereocenters. The van der Waals surface area contributed by atoms with E-state index in [1.165, 1.54) is 0 Å². The van der Waals surface area contributed by atoms with Crippen LogP contribution in [0.3, 0.4) is 0 Å². The molecule has 0 saturated carbocycles. The summed E-state index contributed by atoms with van der Waals surface area (Å²) in [7, 11) is 3.29. The van der Waals surface area contributed by atoms with E-state index in [1.54, 1.807) is 14.2 Å². The topological polar surface area (TPSA) is 47.6 Å². The molecular formula is C21H19NO3. The molecule has 25 heavy (non-hydrogen) atoms. The zero-order valence-electron chi connectivity index (χ0n) is 14.2. The first-order valence-corrected chi connectivity index (χ1v) is 8.24. The molecule has 1 atom stereocenters. The highest BCUT2D eigenvalue weighted by atomic mass is 16.5. The third-order valence-corrected chi connectivity index (χ3v) is 4.80. The molecule has 1 aliphatic heterocycles. The van der Waals surface area contributed by atoms with Crippen LogP contribution in [0.2, 0.25) is 0 Å².